The molecule has 0 amide bonds. The molecule has 0 fully saturated rings. The van der Waals surface area contributed by atoms with Crippen molar-refractivity contribution >= 4 is 22.7 Å². The molecule has 0 saturated heterocycles. The molecular weight excluding hydrogens is 319 g/mol. The van der Waals surface area contributed by atoms with Crippen LogP contribution in [0.25, 0.3) is 11.1 Å². The molecule has 3 aromatic rings. The molecule has 3 rings (SSSR count). The molecule has 3 nitrogen and oxygen atoms in total. The van der Waals surface area contributed by atoms with E-state index >= 15 is 0 Å². The summed E-state index contributed by atoms with van der Waals surface area (Å²) in [6.45, 7) is -0.0165. The summed E-state index contributed by atoms with van der Waals surface area (Å²) < 4.78 is 44.5. The number of fused-ring (bicyclic) bond motifs is 1. The Morgan fingerprint density at radius 2 is 1.91 bits per heavy atom. The zero-order valence-electron chi connectivity index (χ0n) is 11.0. The SMILES string of the molecule is O=c1oc2cc(Cl)ccc2n1Cc1cccc(C(F)(F)F)c1. The molecule has 114 valence electrons. The highest BCUT2D eigenvalue weighted by atomic mass is 35.5. The molecule has 1 aromatic heterocycles. The summed E-state index contributed by atoms with van der Waals surface area (Å²) in [7, 11) is 0. The Hall–Kier alpha value is -2.21. The van der Waals surface area contributed by atoms with Crippen LogP contribution in [0.2, 0.25) is 5.02 Å². The highest BCUT2D eigenvalue weighted by molar-refractivity contribution is 6.31. The topological polar surface area (TPSA) is 35.1 Å². The van der Waals surface area contributed by atoms with Gasteiger partial charge >= 0.3 is 11.9 Å². The number of hydrogen-bond acceptors (Lipinski definition) is 2. The van der Waals surface area contributed by atoms with Gasteiger partial charge < -0.3 is 4.42 Å². The first-order valence-corrected chi connectivity index (χ1v) is 6.67. The van der Waals surface area contributed by atoms with Gasteiger partial charge in [0.15, 0.2) is 5.58 Å². The molecule has 2 aromatic carbocycles. The molecule has 0 bridgehead atoms. The van der Waals surface area contributed by atoms with E-state index in [4.69, 9.17) is 16.0 Å². The van der Waals surface area contributed by atoms with Crippen LogP contribution in [0.1, 0.15) is 11.1 Å². The van der Waals surface area contributed by atoms with Crippen LogP contribution >= 0.6 is 11.6 Å². The first-order valence-electron chi connectivity index (χ1n) is 6.29. The van der Waals surface area contributed by atoms with Gasteiger partial charge in [-0.2, -0.15) is 13.2 Å². The molecule has 0 aliphatic rings. The zero-order chi connectivity index (χ0) is 15.9. The van der Waals surface area contributed by atoms with Crippen LogP contribution in [0.3, 0.4) is 0 Å². The second-order valence-electron chi connectivity index (χ2n) is 4.76. The molecule has 0 radical (unpaired) electrons. The van der Waals surface area contributed by atoms with Gasteiger partial charge in [0.1, 0.15) is 0 Å². The van der Waals surface area contributed by atoms with Gasteiger partial charge in [0, 0.05) is 11.1 Å². The van der Waals surface area contributed by atoms with Crippen molar-refractivity contribution in [1.82, 2.24) is 4.57 Å². The minimum atomic E-state index is -4.42. The average molecular weight is 328 g/mol. The molecule has 22 heavy (non-hydrogen) atoms. The van der Waals surface area contributed by atoms with Gasteiger partial charge in [0.25, 0.3) is 0 Å². The molecule has 0 aliphatic carbocycles. The van der Waals surface area contributed by atoms with E-state index in [9.17, 15) is 18.0 Å². The van der Waals surface area contributed by atoms with Crippen molar-refractivity contribution in [3.05, 3.63) is 69.2 Å². The summed E-state index contributed by atoms with van der Waals surface area (Å²) >= 11 is 5.82. The highest BCUT2D eigenvalue weighted by Gasteiger charge is 2.30. The number of oxazole rings is 1. The third kappa shape index (κ3) is 2.74. The summed E-state index contributed by atoms with van der Waals surface area (Å²) in [6, 6.07) is 9.50. The van der Waals surface area contributed by atoms with Gasteiger partial charge in [-0.3, -0.25) is 4.57 Å². The molecule has 0 atom stereocenters. The van der Waals surface area contributed by atoms with E-state index < -0.39 is 17.5 Å². The minimum absolute atomic E-state index is 0.0165. The Morgan fingerprint density at radius 1 is 1.14 bits per heavy atom. The van der Waals surface area contributed by atoms with Crippen molar-refractivity contribution in [3.8, 4) is 0 Å². The maximum absolute atomic E-state index is 12.7. The van der Waals surface area contributed by atoms with Crippen molar-refractivity contribution < 1.29 is 17.6 Å². The molecule has 0 saturated carbocycles. The van der Waals surface area contributed by atoms with E-state index in [0.717, 1.165) is 12.1 Å². The Balaban J connectivity index is 2.04. The van der Waals surface area contributed by atoms with E-state index in [2.05, 4.69) is 0 Å². The Bertz CT molecular complexity index is 896. The smallest absolute Gasteiger partial charge is 0.408 e. The summed E-state index contributed by atoms with van der Waals surface area (Å²) in [5.74, 6) is -0.644. The number of aromatic nitrogens is 1. The molecule has 0 aliphatic heterocycles. The van der Waals surface area contributed by atoms with Gasteiger partial charge in [-0.1, -0.05) is 23.7 Å². The van der Waals surface area contributed by atoms with Crippen LogP contribution in [0.15, 0.2) is 51.7 Å². The van der Waals surface area contributed by atoms with Crippen LogP contribution < -0.4 is 5.76 Å². The number of halogens is 4. The minimum Gasteiger partial charge on any atom is -0.408 e. The van der Waals surface area contributed by atoms with E-state index in [0.29, 0.717) is 21.7 Å². The molecular formula is C15H9ClF3NO2. The largest absolute Gasteiger partial charge is 0.420 e. The lowest BCUT2D eigenvalue weighted by Crippen LogP contribution is -2.15. The van der Waals surface area contributed by atoms with Crippen LogP contribution in [-0.2, 0) is 12.7 Å². The lowest BCUT2D eigenvalue weighted by atomic mass is 10.1. The van der Waals surface area contributed by atoms with Gasteiger partial charge in [-0.15, -0.1) is 0 Å². The first-order chi connectivity index (χ1) is 10.3. The fourth-order valence-corrected chi connectivity index (χ4v) is 2.38. The summed E-state index contributed by atoms with van der Waals surface area (Å²) in [6.07, 6.45) is -4.42. The summed E-state index contributed by atoms with van der Waals surface area (Å²) in [5.41, 5.74) is 0.375. The molecule has 0 unspecified atom stereocenters. The van der Waals surface area contributed by atoms with Crippen molar-refractivity contribution in [3.63, 3.8) is 0 Å². The monoisotopic (exact) mass is 327 g/mol. The standard InChI is InChI=1S/C15H9ClF3NO2/c16-11-4-5-12-13(7-11)22-14(21)20(12)8-9-2-1-3-10(6-9)15(17,18)19/h1-7H,8H2. The normalized spacial score (nSPS) is 12.0. The van der Waals surface area contributed by atoms with E-state index in [1.807, 2.05) is 0 Å². The lowest BCUT2D eigenvalue weighted by molar-refractivity contribution is -0.137. The highest BCUT2D eigenvalue weighted by Crippen LogP contribution is 2.29. The zero-order valence-corrected chi connectivity index (χ0v) is 11.8. The van der Waals surface area contributed by atoms with Gasteiger partial charge in [-0.05, 0) is 29.8 Å². The quantitative estimate of drug-likeness (QED) is 0.703. The van der Waals surface area contributed by atoms with Crippen LogP contribution in [0.4, 0.5) is 13.2 Å². The van der Waals surface area contributed by atoms with Gasteiger partial charge in [0.05, 0.1) is 17.6 Å². The molecule has 0 N–H and O–H groups in total. The Kier molecular flexibility index (Phi) is 3.48. The fourth-order valence-electron chi connectivity index (χ4n) is 2.22. The summed E-state index contributed by atoms with van der Waals surface area (Å²) in [5, 5.41) is 0.410. The average Bonchev–Trinajstić information content (AvgIpc) is 2.74. The van der Waals surface area contributed by atoms with Crippen molar-refractivity contribution in [2.75, 3.05) is 0 Å². The number of nitrogens with zero attached hydrogens (tertiary/aromatic N) is 1. The fraction of sp³-hybridized carbons (Fsp3) is 0.133. The van der Waals surface area contributed by atoms with Crippen molar-refractivity contribution in [2.24, 2.45) is 0 Å². The predicted molar refractivity (Wildman–Crippen MR) is 76.0 cm³/mol. The maximum atomic E-state index is 12.7. The van der Waals surface area contributed by atoms with E-state index in [-0.39, 0.29) is 6.54 Å². The first kappa shape index (κ1) is 14.7. The maximum Gasteiger partial charge on any atom is 0.420 e. The van der Waals surface area contributed by atoms with Crippen LogP contribution in [0.5, 0.6) is 0 Å². The number of rotatable bonds is 2. The van der Waals surface area contributed by atoms with Gasteiger partial charge in [-0.25, -0.2) is 4.79 Å². The van der Waals surface area contributed by atoms with Crippen molar-refractivity contribution in [1.29, 1.82) is 0 Å². The van der Waals surface area contributed by atoms with E-state index in [1.165, 1.54) is 22.8 Å². The van der Waals surface area contributed by atoms with Crippen LogP contribution in [0, 0.1) is 0 Å². The Morgan fingerprint density at radius 3 is 2.64 bits per heavy atom. The third-order valence-corrected chi connectivity index (χ3v) is 3.46. The number of alkyl halides is 3. The predicted octanol–water partition coefficient (Wildman–Crippen LogP) is 4.32. The van der Waals surface area contributed by atoms with Gasteiger partial charge in [0.2, 0.25) is 0 Å². The second kappa shape index (κ2) is 5.21. The van der Waals surface area contributed by atoms with E-state index in [1.54, 1.807) is 12.1 Å². The molecule has 7 heteroatoms. The van der Waals surface area contributed by atoms with Crippen molar-refractivity contribution in [2.45, 2.75) is 12.7 Å². The lowest BCUT2D eigenvalue weighted by Gasteiger charge is -2.09. The Labute approximate surface area is 127 Å². The number of hydrogen-bond donors (Lipinski definition) is 0. The second-order valence-corrected chi connectivity index (χ2v) is 5.20. The molecule has 1 heterocycles. The van der Waals surface area contributed by atoms with Crippen LogP contribution in [-0.4, -0.2) is 4.57 Å². The summed E-state index contributed by atoms with van der Waals surface area (Å²) in [4.78, 5) is 11.9. The third-order valence-electron chi connectivity index (χ3n) is 3.23. The number of benzene rings is 2. The molecule has 0 spiro atoms.